The minimum atomic E-state index is 0.0769. The smallest absolute Gasteiger partial charge is 0.257 e. The number of hydrogen-bond acceptors (Lipinski definition) is 3. The van der Waals surface area contributed by atoms with Crippen LogP contribution in [0.4, 0.5) is 0 Å². The molecule has 3 rings (SSSR count). The van der Waals surface area contributed by atoms with Crippen LogP contribution in [0.15, 0.2) is 17.6 Å². The summed E-state index contributed by atoms with van der Waals surface area (Å²) in [6, 6.07) is 2.11. The monoisotopic (exact) mass is 247 g/mol. The Hall–Kier alpha value is -1.62. The third-order valence-electron chi connectivity index (χ3n) is 3.16. The molecule has 3 heterocycles. The Morgan fingerprint density at radius 3 is 3.24 bits per heavy atom. The second-order valence-electron chi connectivity index (χ2n) is 4.25. The maximum absolute atomic E-state index is 12.3. The zero-order chi connectivity index (χ0) is 11.8. The average Bonchev–Trinajstić information content (AvgIpc) is 2.95. The van der Waals surface area contributed by atoms with E-state index in [0.717, 1.165) is 25.2 Å². The number of nitrogens with one attached hydrogen (secondary N) is 1. The molecule has 5 heteroatoms. The summed E-state index contributed by atoms with van der Waals surface area (Å²) in [5, 5.41) is 8.81. The molecular formula is C12H13N3OS. The van der Waals surface area contributed by atoms with E-state index in [-0.39, 0.29) is 5.91 Å². The zero-order valence-corrected chi connectivity index (χ0v) is 10.4. The first kappa shape index (κ1) is 10.5. The third-order valence-corrected chi connectivity index (χ3v) is 4.18. The molecule has 2 aromatic heterocycles. The number of rotatable bonds is 1. The van der Waals surface area contributed by atoms with Crippen molar-refractivity contribution in [2.75, 3.05) is 6.54 Å². The second-order valence-corrected chi connectivity index (χ2v) is 5.26. The van der Waals surface area contributed by atoms with Gasteiger partial charge in [0, 0.05) is 23.7 Å². The number of nitrogens with zero attached hydrogens (tertiary/aromatic N) is 2. The topological polar surface area (TPSA) is 49.0 Å². The van der Waals surface area contributed by atoms with Gasteiger partial charge in [0.15, 0.2) is 0 Å². The first-order valence-corrected chi connectivity index (χ1v) is 6.48. The van der Waals surface area contributed by atoms with E-state index in [1.165, 1.54) is 10.4 Å². The van der Waals surface area contributed by atoms with Gasteiger partial charge in [0.1, 0.15) is 0 Å². The molecule has 0 unspecified atom stereocenters. The zero-order valence-electron chi connectivity index (χ0n) is 9.56. The van der Waals surface area contributed by atoms with Gasteiger partial charge in [0.05, 0.1) is 11.8 Å². The molecule has 0 radical (unpaired) electrons. The molecule has 0 saturated heterocycles. The highest BCUT2D eigenvalue weighted by molar-refractivity contribution is 7.10. The van der Waals surface area contributed by atoms with Gasteiger partial charge in [-0.05, 0) is 30.4 Å². The summed E-state index contributed by atoms with van der Waals surface area (Å²) in [6.07, 6.45) is 2.58. The number of carbonyl (C=O) groups excluding carboxylic acids is 1. The average molecular weight is 247 g/mol. The van der Waals surface area contributed by atoms with E-state index in [1.54, 1.807) is 17.5 Å². The van der Waals surface area contributed by atoms with Crippen LogP contribution in [0.3, 0.4) is 0 Å². The molecule has 0 atom stereocenters. The van der Waals surface area contributed by atoms with Gasteiger partial charge in [-0.2, -0.15) is 5.10 Å². The van der Waals surface area contributed by atoms with E-state index in [0.29, 0.717) is 5.56 Å². The molecule has 88 valence electrons. The number of fused-ring (bicyclic) bond motifs is 1. The van der Waals surface area contributed by atoms with Crippen LogP contribution in [0.2, 0.25) is 0 Å². The van der Waals surface area contributed by atoms with Crippen LogP contribution >= 0.6 is 11.3 Å². The maximum Gasteiger partial charge on any atom is 0.257 e. The lowest BCUT2D eigenvalue weighted by Crippen LogP contribution is -2.35. The molecule has 0 bridgehead atoms. The Morgan fingerprint density at radius 1 is 1.59 bits per heavy atom. The first-order chi connectivity index (χ1) is 8.25. The van der Waals surface area contributed by atoms with E-state index >= 15 is 0 Å². The normalized spacial score (nSPS) is 14.8. The highest BCUT2D eigenvalue weighted by Gasteiger charge is 2.24. The Balaban J connectivity index is 1.84. The van der Waals surface area contributed by atoms with Crippen LogP contribution in [0.5, 0.6) is 0 Å². The van der Waals surface area contributed by atoms with Gasteiger partial charge in [-0.25, -0.2) is 0 Å². The highest BCUT2D eigenvalue weighted by Crippen LogP contribution is 2.25. The molecule has 4 nitrogen and oxygen atoms in total. The summed E-state index contributed by atoms with van der Waals surface area (Å²) < 4.78 is 0. The molecule has 2 aromatic rings. The highest BCUT2D eigenvalue weighted by atomic mass is 32.1. The van der Waals surface area contributed by atoms with Crippen molar-refractivity contribution < 1.29 is 4.79 Å². The fraction of sp³-hybridized carbons (Fsp3) is 0.333. The Bertz CT molecular complexity index is 558. The Labute approximate surface area is 103 Å². The quantitative estimate of drug-likeness (QED) is 0.837. The van der Waals surface area contributed by atoms with Gasteiger partial charge >= 0.3 is 0 Å². The number of thiophene rings is 1. The van der Waals surface area contributed by atoms with Crippen molar-refractivity contribution in [3.05, 3.63) is 39.3 Å². The minimum Gasteiger partial charge on any atom is -0.334 e. The van der Waals surface area contributed by atoms with Crippen LogP contribution < -0.4 is 0 Å². The van der Waals surface area contributed by atoms with E-state index < -0.39 is 0 Å². The van der Waals surface area contributed by atoms with Crippen molar-refractivity contribution in [1.82, 2.24) is 15.1 Å². The van der Waals surface area contributed by atoms with E-state index in [4.69, 9.17) is 0 Å². The van der Waals surface area contributed by atoms with E-state index in [9.17, 15) is 4.79 Å². The number of H-pyrrole nitrogens is 1. The van der Waals surface area contributed by atoms with Gasteiger partial charge in [0.25, 0.3) is 5.91 Å². The fourth-order valence-electron chi connectivity index (χ4n) is 2.16. The molecule has 1 N–H and O–H groups in total. The summed E-state index contributed by atoms with van der Waals surface area (Å²) in [5.74, 6) is 0.0769. The van der Waals surface area contributed by atoms with E-state index in [1.807, 2.05) is 11.8 Å². The van der Waals surface area contributed by atoms with Gasteiger partial charge < -0.3 is 4.90 Å². The fourth-order valence-corrected chi connectivity index (χ4v) is 3.05. The number of aromatic nitrogens is 2. The number of carbonyl (C=O) groups is 1. The van der Waals surface area contributed by atoms with Crippen molar-refractivity contribution in [1.29, 1.82) is 0 Å². The van der Waals surface area contributed by atoms with Crippen molar-refractivity contribution in [3.8, 4) is 0 Å². The third kappa shape index (κ3) is 1.76. The SMILES string of the molecule is Cc1[nH]ncc1C(=O)N1CCc2sccc2C1. The molecule has 1 amide bonds. The minimum absolute atomic E-state index is 0.0769. The van der Waals surface area contributed by atoms with Gasteiger partial charge in [-0.1, -0.05) is 0 Å². The summed E-state index contributed by atoms with van der Waals surface area (Å²) in [6.45, 7) is 3.40. The molecule has 0 aromatic carbocycles. The summed E-state index contributed by atoms with van der Waals surface area (Å²) in [4.78, 5) is 15.6. The van der Waals surface area contributed by atoms with Crippen LogP contribution in [0, 0.1) is 6.92 Å². The van der Waals surface area contributed by atoms with Crippen molar-refractivity contribution in [3.63, 3.8) is 0 Å². The lowest BCUT2D eigenvalue weighted by molar-refractivity contribution is 0.0735. The predicted octanol–water partition coefficient (Wildman–Crippen LogP) is 1.98. The van der Waals surface area contributed by atoms with Crippen molar-refractivity contribution >= 4 is 17.2 Å². The maximum atomic E-state index is 12.3. The molecule has 0 aliphatic carbocycles. The molecule has 1 aliphatic heterocycles. The molecule has 0 spiro atoms. The first-order valence-electron chi connectivity index (χ1n) is 5.60. The summed E-state index contributed by atoms with van der Waals surface area (Å²) >= 11 is 1.78. The van der Waals surface area contributed by atoms with Gasteiger partial charge in [-0.15, -0.1) is 11.3 Å². The second kappa shape index (κ2) is 4.00. The largest absolute Gasteiger partial charge is 0.334 e. The molecule has 0 fully saturated rings. The number of hydrogen-bond donors (Lipinski definition) is 1. The Morgan fingerprint density at radius 2 is 2.47 bits per heavy atom. The van der Waals surface area contributed by atoms with Gasteiger partial charge in [-0.3, -0.25) is 9.89 Å². The molecule has 0 saturated carbocycles. The van der Waals surface area contributed by atoms with Crippen LogP contribution in [-0.2, 0) is 13.0 Å². The Kier molecular flexibility index (Phi) is 2.48. The van der Waals surface area contributed by atoms with E-state index in [2.05, 4.69) is 21.6 Å². The number of aryl methyl sites for hydroxylation is 1. The van der Waals surface area contributed by atoms with Crippen LogP contribution in [-0.4, -0.2) is 27.5 Å². The van der Waals surface area contributed by atoms with Crippen LogP contribution in [0.25, 0.3) is 0 Å². The molecule has 17 heavy (non-hydrogen) atoms. The molecule has 1 aliphatic rings. The number of amides is 1. The van der Waals surface area contributed by atoms with Gasteiger partial charge in [0.2, 0.25) is 0 Å². The summed E-state index contributed by atoms with van der Waals surface area (Å²) in [7, 11) is 0. The predicted molar refractivity (Wildman–Crippen MR) is 66.1 cm³/mol. The molecular weight excluding hydrogens is 234 g/mol. The van der Waals surface area contributed by atoms with Crippen molar-refractivity contribution in [2.45, 2.75) is 19.9 Å². The van der Waals surface area contributed by atoms with Crippen molar-refractivity contribution in [2.24, 2.45) is 0 Å². The standard InChI is InChI=1S/C12H13N3OS/c1-8-10(6-13-14-8)12(16)15-4-2-11-9(7-15)3-5-17-11/h3,5-6H,2,4,7H2,1H3,(H,13,14). The lowest BCUT2D eigenvalue weighted by atomic mass is 10.1. The lowest BCUT2D eigenvalue weighted by Gasteiger charge is -2.26. The summed E-state index contributed by atoms with van der Waals surface area (Å²) in [5.41, 5.74) is 2.81. The number of aromatic amines is 1. The van der Waals surface area contributed by atoms with Crippen LogP contribution in [0.1, 0.15) is 26.5 Å².